The van der Waals surface area contributed by atoms with Crippen LogP contribution < -0.4 is 5.32 Å². The Labute approximate surface area is 288 Å². The van der Waals surface area contributed by atoms with Gasteiger partial charge in [-0.2, -0.15) is 4.68 Å². The average molecular weight is 680 g/mol. The fourth-order valence-electron chi connectivity index (χ4n) is 5.54. The molecule has 3 N–H and O–H groups in total. The fourth-order valence-corrected chi connectivity index (χ4v) is 6.60. The maximum atomic E-state index is 11.9. The van der Waals surface area contributed by atoms with Gasteiger partial charge in [0.2, 0.25) is 5.16 Å². The normalized spacial score (nSPS) is 18.9. The number of carbonyl (C=O) groups is 1. The molecule has 0 aliphatic carbocycles. The summed E-state index contributed by atoms with van der Waals surface area (Å²) in [5, 5.41) is 34.9. The van der Waals surface area contributed by atoms with Crippen LogP contribution in [0.15, 0.2) is 115 Å². The van der Waals surface area contributed by atoms with Crippen molar-refractivity contribution in [3.63, 3.8) is 0 Å². The number of thioether (sulfide) groups is 1. The van der Waals surface area contributed by atoms with Gasteiger partial charge in [0, 0.05) is 23.8 Å². The molecule has 4 aromatic carbocycles. The van der Waals surface area contributed by atoms with Gasteiger partial charge in [-0.25, -0.2) is 4.79 Å². The molecule has 1 amide bonds. The predicted octanol–water partition coefficient (Wildman–Crippen LogP) is 6.52. The monoisotopic (exact) mass is 679 g/mol. The Bertz CT molecular complexity index is 1850. The molecule has 1 aliphatic heterocycles. The lowest BCUT2D eigenvalue weighted by Gasteiger charge is -2.41. The Morgan fingerprint density at radius 3 is 2.47 bits per heavy atom. The second-order valence-electron chi connectivity index (χ2n) is 11.6. The molecule has 4 unspecified atom stereocenters. The number of hydrogen-bond acceptors (Lipinski definition) is 10. The van der Waals surface area contributed by atoms with Gasteiger partial charge >= 0.3 is 6.09 Å². The number of hydrogen-bond donors (Lipinski definition) is 3. The van der Waals surface area contributed by atoms with E-state index in [4.69, 9.17) is 14.2 Å². The second-order valence-corrected chi connectivity index (χ2v) is 12.6. The number of rotatable bonds is 12. The summed E-state index contributed by atoms with van der Waals surface area (Å²) in [7, 11) is 0. The molecule has 6 rings (SSSR count). The molecule has 4 atom stereocenters. The lowest BCUT2D eigenvalue weighted by atomic mass is 9.91. The number of nitrogens with one attached hydrogen (secondary N) is 1. The Morgan fingerprint density at radius 1 is 0.980 bits per heavy atom. The third-order valence-electron chi connectivity index (χ3n) is 8.25. The van der Waals surface area contributed by atoms with Crippen LogP contribution in [-0.4, -0.2) is 55.0 Å². The highest BCUT2D eigenvalue weighted by Gasteiger charge is 2.38. The van der Waals surface area contributed by atoms with Crippen molar-refractivity contribution in [1.29, 1.82) is 0 Å². The summed E-state index contributed by atoms with van der Waals surface area (Å²) in [6, 6.07) is 30.5. The Hall–Kier alpha value is -5.01. The minimum Gasteiger partial charge on any atom is -0.508 e. The third-order valence-corrected chi connectivity index (χ3v) is 9.26. The number of amides is 1. The number of alkyl carbamates (subject to hydrolysis) is 1. The number of tetrazole rings is 1. The molecule has 11 nitrogen and oxygen atoms in total. The molecular formula is C37H37N5O6S. The minimum atomic E-state index is -0.636. The number of nitrogens with zero attached hydrogens (tertiary/aromatic N) is 4. The van der Waals surface area contributed by atoms with Crippen molar-refractivity contribution in [3.05, 3.63) is 132 Å². The van der Waals surface area contributed by atoms with Crippen LogP contribution in [-0.2, 0) is 27.4 Å². The van der Waals surface area contributed by atoms with Crippen LogP contribution in [0.2, 0.25) is 0 Å². The number of carbonyl (C=O) groups excluding carboxylic acids is 1. The summed E-state index contributed by atoms with van der Waals surface area (Å²) in [5.41, 5.74) is 6.39. The first-order valence-electron chi connectivity index (χ1n) is 15.8. The van der Waals surface area contributed by atoms with Crippen LogP contribution in [0.4, 0.5) is 4.79 Å². The first-order chi connectivity index (χ1) is 23.9. The molecular weight excluding hydrogens is 643 g/mol. The second kappa shape index (κ2) is 15.9. The van der Waals surface area contributed by atoms with E-state index in [1.165, 1.54) is 17.8 Å². The van der Waals surface area contributed by atoms with Crippen molar-refractivity contribution >= 4 is 17.9 Å². The summed E-state index contributed by atoms with van der Waals surface area (Å²) in [6.45, 7) is 6.13. The number of aliphatic hydroxyl groups excluding tert-OH is 1. The highest BCUT2D eigenvalue weighted by molar-refractivity contribution is 7.99. The molecule has 5 aromatic rings. The van der Waals surface area contributed by atoms with Gasteiger partial charge in [-0.15, -0.1) is 5.10 Å². The Balaban J connectivity index is 1.20. The van der Waals surface area contributed by atoms with Crippen molar-refractivity contribution in [2.24, 2.45) is 5.92 Å². The SMILES string of the molecule is C=CCOC(=O)NCc1cccc(-c2ccc(C3OC(CSc4nnnn4-c4ccc(O)cc4)C(C)C(c4ccc(CO)cc4)O3)cc2)c1. The van der Waals surface area contributed by atoms with Crippen LogP contribution in [0.25, 0.3) is 16.8 Å². The number of phenolic OH excluding ortho intramolecular Hbond substituents is 1. The molecule has 1 fully saturated rings. The lowest BCUT2D eigenvalue weighted by Crippen LogP contribution is -2.38. The predicted molar refractivity (Wildman–Crippen MR) is 185 cm³/mol. The topological polar surface area (TPSA) is 141 Å². The van der Waals surface area contributed by atoms with Crippen molar-refractivity contribution < 1.29 is 29.2 Å². The zero-order valence-corrected chi connectivity index (χ0v) is 27.7. The molecule has 49 heavy (non-hydrogen) atoms. The molecule has 2 heterocycles. The van der Waals surface area contributed by atoms with Gasteiger partial charge in [0.05, 0.1) is 24.5 Å². The zero-order chi connectivity index (χ0) is 34.2. The number of aliphatic hydroxyl groups is 1. The zero-order valence-electron chi connectivity index (χ0n) is 26.9. The molecule has 1 saturated heterocycles. The number of ether oxygens (including phenoxy) is 3. The van der Waals surface area contributed by atoms with Crippen molar-refractivity contribution in [2.45, 2.75) is 43.7 Å². The fraction of sp³-hybridized carbons (Fsp3) is 0.243. The van der Waals surface area contributed by atoms with Gasteiger partial charge in [0.25, 0.3) is 0 Å². The van der Waals surface area contributed by atoms with Gasteiger partial charge in [-0.05, 0) is 68.6 Å². The lowest BCUT2D eigenvalue weighted by molar-refractivity contribution is -0.268. The van der Waals surface area contributed by atoms with E-state index in [1.807, 2.05) is 72.8 Å². The number of benzene rings is 4. The maximum Gasteiger partial charge on any atom is 0.407 e. The van der Waals surface area contributed by atoms with Gasteiger partial charge in [-0.1, -0.05) is 98.1 Å². The molecule has 0 saturated carbocycles. The molecule has 0 bridgehead atoms. The van der Waals surface area contributed by atoms with Crippen LogP contribution >= 0.6 is 11.8 Å². The molecule has 1 aliphatic rings. The highest BCUT2D eigenvalue weighted by atomic mass is 32.2. The van der Waals surface area contributed by atoms with Crippen LogP contribution in [0, 0.1) is 5.92 Å². The first-order valence-corrected chi connectivity index (χ1v) is 16.8. The number of aromatic hydroxyl groups is 1. The summed E-state index contributed by atoms with van der Waals surface area (Å²) >= 11 is 1.49. The van der Waals surface area contributed by atoms with Crippen molar-refractivity contribution in [2.75, 3.05) is 12.4 Å². The minimum absolute atomic E-state index is 0.0218. The molecule has 252 valence electrons. The Morgan fingerprint density at radius 2 is 1.73 bits per heavy atom. The van der Waals surface area contributed by atoms with E-state index in [9.17, 15) is 15.0 Å². The van der Waals surface area contributed by atoms with Crippen molar-refractivity contribution in [3.8, 4) is 22.6 Å². The van der Waals surface area contributed by atoms with E-state index < -0.39 is 12.4 Å². The maximum absolute atomic E-state index is 11.9. The Kier molecular flexibility index (Phi) is 11.0. The molecule has 0 radical (unpaired) electrons. The summed E-state index contributed by atoms with van der Waals surface area (Å²) in [6.07, 6.45) is -0.102. The van der Waals surface area contributed by atoms with Crippen molar-refractivity contribution in [1.82, 2.24) is 25.5 Å². The van der Waals surface area contributed by atoms with Crippen LogP contribution in [0.5, 0.6) is 5.75 Å². The summed E-state index contributed by atoms with van der Waals surface area (Å²) in [4.78, 5) is 11.9. The van der Waals surface area contributed by atoms with E-state index in [-0.39, 0.29) is 37.1 Å². The van der Waals surface area contributed by atoms with E-state index in [2.05, 4.69) is 34.3 Å². The van der Waals surface area contributed by atoms with Crippen LogP contribution in [0.1, 0.15) is 41.6 Å². The number of aromatic nitrogens is 4. The smallest absolute Gasteiger partial charge is 0.407 e. The third kappa shape index (κ3) is 8.35. The molecule has 1 aromatic heterocycles. The van der Waals surface area contributed by atoms with Gasteiger partial charge in [0.15, 0.2) is 6.29 Å². The van der Waals surface area contributed by atoms with E-state index in [0.717, 1.165) is 39.1 Å². The summed E-state index contributed by atoms with van der Waals surface area (Å²) < 4.78 is 19.9. The van der Waals surface area contributed by atoms with Gasteiger partial charge in [0.1, 0.15) is 12.4 Å². The average Bonchev–Trinajstić information content (AvgIpc) is 3.62. The van der Waals surface area contributed by atoms with E-state index in [0.29, 0.717) is 17.5 Å². The highest BCUT2D eigenvalue weighted by Crippen LogP contribution is 2.43. The molecule has 0 spiro atoms. The first kappa shape index (κ1) is 33.9. The van der Waals surface area contributed by atoms with E-state index >= 15 is 0 Å². The molecule has 12 heteroatoms. The largest absolute Gasteiger partial charge is 0.508 e. The van der Waals surface area contributed by atoms with Crippen LogP contribution in [0.3, 0.4) is 0 Å². The quantitative estimate of drug-likeness (QED) is 0.0986. The standard InChI is InChI=1S/C37H37N5O6S/c1-3-19-46-37(45)38-21-26-5-4-6-30(20-26)27-11-13-29(14-12-27)35-47-33(24(2)34(48-35)28-9-7-25(22-43)8-10-28)23-49-36-39-40-41-42(36)31-15-17-32(44)18-16-31/h3-18,20,24,33-35,43-44H,1,19,21-23H2,2H3,(H,38,45). The number of phenols is 1. The van der Waals surface area contributed by atoms with Gasteiger partial charge in [-0.3, -0.25) is 0 Å². The van der Waals surface area contributed by atoms with Gasteiger partial charge < -0.3 is 29.7 Å². The summed E-state index contributed by atoms with van der Waals surface area (Å²) in [5.74, 6) is 0.702. The van der Waals surface area contributed by atoms with E-state index in [1.54, 1.807) is 28.9 Å².